The molecule has 146 valence electrons. The van der Waals surface area contributed by atoms with E-state index in [1.54, 1.807) is 6.20 Å². The van der Waals surface area contributed by atoms with Crippen molar-refractivity contribution in [2.24, 2.45) is 7.05 Å². The van der Waals surface area contributed by atoms with E-state index in [0.29, 0.717) is 13.0 Å². The van der Waals surface area contributed by atoms with Gasteiger partial charge in [0.05, 0.1) is 12.2 Å². The minimum absolute atomic E-state index is 0.00951. The first-order chi connectivity index (χ1) is 14.1. The Balaban J connectivity index is 1.65. The maximum absolute atomic E-state index is 12.9. The third-order valence-corrected chi connectivity index (χ3v) is 5.33. The number of amides is 1. The summed E-state index contributed by atoms with van der Waals surface area (Å²) in [6, 6.07) is 22.5. The highest BCUT2D eigenvalue weighted by atomic mass is 16.1. The molecule has 2 heterocycles. The van der Waals surface area contributed by atoms with Crippen molar-refractivity contribution in [2.75, 3.05) is 0 Å². The molecule has 0 fully saturated rings. The zero-order valence-electron chi connectivity index (χ0n) is 16.8. The Labute approximate surface area is 171 Å². The van der Waals surface area contributed by atoms with Crippen LogP contribution in [0.5, 0.6) is 0 Å². The van der Waals surface area contributed by atoms with Crippen molar-refractivity contribution in [2.45, 2.75) is 25.8 Å². The number of aromatic nitrogens is 2. The van der Waals surface area contributed by atoms with E-state index in [0.717, 1.165) is 11.3 Å². The van der Waals surface area contributed by atoms with Crippen molar-refractivity contribution >= 4 is 16.8 Å². The van der Waals surface area contributed by atoms with Crippen LogP contribution in [0.25, 0.3) is 10.9 Å². The molecule has 0 saturated heterocycles. The molecule has 4 heteroatoms. The first-order valence-corrected chi connectivity index (χ1v) is 9.89. The van der Waals surface area contributed by atoms with Crippen LogP contribution in [0.4, 0.5) is 0 Å². The molecule has 0 bridgehead atoms. The number of carbonyl (C=O) groups is 1. The fourth-order valence-electron chi connectivity index (χ4n) is 3.89. The zero-order chi connectivity index (χ0) is 20.2. The highest BCUT2D eigenvalue weighted by Crippen LogP contribution is 2.34. The van der Waals surface area contributed by atoms with Crippen LogP contribution in [0, 0.1) is 6.92 Å². The molecule has 29 heavy (non-hydrogen) atoms. The summed E-state index contributed by atoms with van der Waals surface area (Å²) in [5.74, 6) is 0.0137. The van der Waals surface area contributed by atoms with Crippen LogP contribution in [-0.2, 0) is 18.4 Å². The average Bonchev–Trinajstić information content (AvgIpc) is 3.08. The minimum Gasteiger partial charge on any atom is -0.350 e. The second-order valence-electron chi connectivity index (χ2n) is 7.48. The highest BCUT2D eigenvalue weighted by Gasteiger charge is 2.22. The molecule has 1 atom stereocenters. The smallest absolute Gasteiger partial charge is 0.221 e. The molecule has 4 rings (SSSR count). The van der Waals surface area contributed by atoms with Gasteiger partial charge in [0.25, 0.3) is 0 Å². The molecular weight excluding hydrogens is 358 g/mol. The molecule has 1 N–H and O–H groups in total. The van der Waals surface area contributed by atoms with E-state index in [4.69, 9.17) is 0 Å². The van der Waals surface area contributed by atoms with Crippen LogP contribution >= 0.6 is 0 Å². The normalized spacial score (nSPS) is 12.1. The number of pyridine rings is 1. The maximum atomic E-state index is 12.9. The predicted octanol–water partition coefficient (Wildman–Crippen LogP) is 4.72. The van der Waals surface area contributed by atoms with E-state index >= 15 is 0 Å². The number of carbonyl (C=O) groups excluding carboxylic acids is 1. The van der Waals surface area contributed by atoms with Gasteiger partial charge < -0.3 is 9.88 Å². The van der Waals surface area contributed by atoms with Crippen molar-refractivity contribution < 1.29 is 4.79 Å². The van der Waals surface area contributed by atoms with Crippen molar-refractivity contribution in [3.05, 3.63) is 102 Å². The van der Waals surface area contributed by atoms with E-state index in [2.05, 4.69) is 77.5 Å². The summed E-state index contributed by atoms with van der Waals surface area (Å²) in [7, 11) is 2.06. The van der Waals surface area contributed by atoms with Gasteiger partial charge in [-0.2, -0.15) is 0 Å². The molecule has 1 amide bonds. The Hall–Kier alpha value is -3.40. The molecular formula is C25H25N3O. The van der Waals surface area contributed by atoms with Gasteiger partial charge in [-0.15, -0.1) is 0 Å². The van der Waals surface area contributed by atoms with Crippen LogP contribution in [0.2, 0.25) is 0 Å². The monoisotopic (exact) mass is 383 g/mol. The number of para-hydroxylation sites is 1. The number of benzene rings is 2. The number of nitrogens with one attached hydrogen (secondary N) is 1. The molecule has 0 spiro atoms. The SMILES string of the molecule is Cc1cccc(C(CC(=O)NCc2ccccn2)c2cn(C)c3ccccc23)c1. The van der Waals surface area contributed by atoms with Gasteiger partial charge >= 0.3 is 0 Å². The van der Waals surface area contributed by atoms with E-state index in [1.807, 2.05) is 24.3 Å². The number of nitrogens with zero attached hydrogens (tertiary/aromatic N) is 2. The van der Waals surface area contributed by atoms with Gasteiger partial charge in [-0.1, -0.05) is 54.1 Å². The lowest BCUT2D eigenvalue weighted by atomic mass is 9.87. The maximum Gasteiger partial charge on any atom is 0.221 e. The number of hydrogen-bond acceptors (Lipinski definition) is 2. The summed E-state index contributed by atoms with van der Waals surface area (Å²) in [5.41, 5.74) is 5.57. The lowest BCUT2D eigenvalue weighted by Crippen LogP contribution is -2.25. The number of fused-ring (bicyclic) bond motifs is 1. The Morgan fingerprint density at radius 1 is 1.07 bits per heavy atom. The fraction of sp³-hybridized carbons (Fsp3) is 0.200. The van der Waals surface area contributed by atoms with Crippen LogP contribution in [0.3, 0.4) is 0 Å². The fourth-order valence-corrected chi connectivity index (χ4v) is 3.89. The number of hydrogen-bond donors (Lipinski definition) is 1. The minimum atomic E-state index is -0.00951. The van der Waals surface area contributed by atoms with E-state index in [9.17, 15) is 4.79 Å². The van der Waals surface area contributed by atoms with Crippen LogP contribution < -0.4 is 5.32 Å². The molecule has 4 aromatic rings. The predicted molar refractivity (Wildman–Crippen MR) is 117 cm³/mol. The molecule has 0 aliphatic carbocycles. The van der Waals surface area contributed by atoms with Crippen LogP contribution in [0.15, 0.2) is 79.1 Å². The molecule has 0 saturated carbocycles. The van der Waals surface area contributed by atoms with E-state index < -0.39 is 0 Å². The van der Waals surface area contributed by atoms with Gasteiger partial charge in [0, 0.05) is 42.7 Å². The topological polar surface area (TPSA) is 46.9 Å². The molecule has 4 nitrogen and oxygen atoms in total. The molecule has 0 aliphatic heterocycles. The van der Waals surface area contributed by atoms with Crippen molar-refractivity contribution in [1.29, 1.82) is 0 Å². The second kappa shape index (κ2) is 8.31. The summed E-state index contributed by atoms with van der Waals surface area (Å²) < 4.78 is 2.14. The summed E-state index contributed by atoms with van der Waals surface area (Å²) in [6.45, 7) is 2.53. The van der Waals surface area contributed by atoms with Crippen molar-refractivity contribution in [3.8, 4) is 0 Å². The molecule has 2 aromatic heterocycles. The molecule has 2 aromatic carbocycles. The van der Waals surface area contributed by atoms with Crippen molar-refractivity contribution in [3.63, 3.8) is 0 Å². The lowest BCUT2D eigenvalue weighted by molar-refractivity contribution is -0.121. The van der Waals surface area contributed by atoms with Crippen LogP contribution in [0.1, 0.15) is 34.7 Å². The highest BCUT2D eigenvalue weighted by molar-refractivity contribution is 5.86. The van der Waals surface area contributed by atoms with E-state index in [-0.39, 0.29) is 11.8 Å². The van der Waals surface area contributed by atoms with Gasteiger partial charge in [0.1, 0.15) is 0 Å². The van der Waals surface area contributed by atoms with Crippen LogP contribution in [-0.4, -0.2) is 15.5 Å². The number of aryl methyl sites for hydroxylation is 2. The second-order valence-corrected chi connectivity index (χ2v) is 7.48. The van der Waals surface area contributed by atoms with E-state index in [1.165, 1.54) is 22.0 Å². The summed E-state index contributed by atoms with van der Waals surface area (Å²) in [4.78, 5) is 17.1. The third kappa shape index (κ3) is 4.21. The first kappa shape index (κ1) is 18.9. The summed E-state index contributed by atoms with van der Waals surface area (Å²) in [5, 5.41) is 4.22. The van der Waals surface area contributed by atoms with Crippen molar-refractivity contribution in [1.82, 2.24) is 14.9 Å². The molecule has 0 radical (unpaired) electrons. The van der Waals surface area contributed by atoms with Gasteiger partial charge in [-0.25, -0.2) is 0 Å². The van der Waals surface area contributed by atoms with Gasteiger partial charge in [-0.05, 0) is 36.2 Å². The van der Waals surface area contributed by atoms with Gasteiger partial charge in [0.2, 0.25) is 5.91 Å². The third-order valence-electron chi connectivity index (χ3n) is 5.33. The number of rotatable bonds is 6. The van der Waals surface area contributed by atoms with Gasteiger partial charge in [0.15, 0.2) is 0 Å². The zero-order valence-corrected chi connectivity index (χ0v) is 16.8. The Morgan fingerprint density at radius 2 is 1.90 bits per heavy atom. The molecule has 1 unspecified atom stereocenters. The summed E-state index contributed by atoms with van der Waals surface area (Å²) >= 11 is 0. The largest absolute Gasteiger partial charge is 0.350 e. The first-order valence-electron chi connectivity index (χ1n) is 9.89. The Morgan fingerprint density at radius 3 is 2.69 bits per heavy atom. The lowest BCUT2D eigenvalue weighted by Gasteiger charge is -2.18. The summed E-state index contributed by atoms with van der Waals surface area (Å²) in [6.07, 6.45) is 4.29. The Kier molecular flexibility index (Phi) is 5.43. The quantitative estimate of drug-likeness (QED) is 0.524. The molecule has 0 aliphatic rings. The Bertz CT molecular complexity index is 1130. The van der Waals surface area contributed by atoms with Gasteiger partial charge in [-0.3, -0.25) is 9.78 Å². The standard InChI is InChI=1S/C25H25N3O/c1-18-8-7-9-19(14-18)22(15-25(29)27-16-20-10-5-6-13-26-20)23-17-28(2)24-12-4-3-11-21(23)24/h3-14,17,22H,15-16H2,1-2H3,(H,27,29). The average molecular weight is 383 g/mol.